The number of thiazole rings is 1. The van der Waals surface area contributed by atoms with Crippen LogP contribution in [0.5, 0.6) is 0 Å². The lowest BCUT2D eigenvalue weighted by Gasteiger charge is -2.04. The number of hydrogen-bond acceptors (Lipinski definition) is 5. The molecule has 7 heteroatoms. The Bertz CT molecular complexity index is 1080. The maximum Gasteiger partial charge on any atom is 0.257 e. The molecule has 0 atom stereocenters. The first-order chi connectivity index (χ1) is 12.6. The summed E-state index contributed by atoms with van der Waals surface area (Å²) >= 11 is 1.41. The molecule has 0 aliphatic heterocycles. The van der Waals surface area contributed by atoms with Gasteiger partial charge in [0.05, 0.1) is 17.8 Å². The van der Waals surface area contributed by atoms with Gasteiger partial charge in [0.1, 0.15) is 5.52 Å². The van der Waals surface area contributed by atoms with Crippen molar-refractivity contribution in [2.75, 3.05) is 5.32 Å². The van der Waals surface area contributed by atoms with Gasteiger partial charge in [-0.2, -0.15) is 0 Å². The molecule has 2 aromatic carbocycles. The van der Waals surface area contributed by atoms with E-state index in [1.165, 1.54) is 16.9 Å². The summed E-state index contributed by atoms with van der Waals surface area (Å²) < 4.78 is 1.84. The predicted octanol–water partition coefficient (Wildman–Crippen LogP) is 3.81. The lowest BCUT2D eigenvalue weighted by atomic mass is 10.1. The smallest absolute Gasteiger partial charge is 0.257 e. The number of aryl methyl sites for hydroxylation is 2. The lowest BCUT2D eigenvalue weighted by molar-refractivity contribution is 0.102. The molecule has 0 aliphatic carbocycles. The topological polar surface area (TPSA) is 72.7 Å². The Kier molecular flexibility index (Phi) is 4.22. The number of aromatic nitrogens is 4. The number of benzene rings is 2. The maximum atomic E-state index is 12.4. The molecule has 0 bridgehead atoms. The average Bonchev–Trinajstić information content (AvgIpc) is 3.22. The molecule has 1 N–H and O–H groups in total. The maximum absolute atomic E-state index is 12.4. The van der Waals surface area contributed by atoms with Gasteiger partial charge in [0.2, 0.25) is 0 Å². The highest BCUT2D eigenvalue weighted by atomic mass is 32.1. The van der Waals surface area contributed by atoms with Crippen LogP contribution in [0.1, 0.15) is 27.2 Å². The molecule has 0 saturated heterocycles. The predicted molar refractivity (Wildman–Crippen MR) is 103 cm³/mol. The van der Waals surface area contributed by atoms with Crippen molar-refractivity contribution in [2.45, 2.75) is 20.4 Å². The summed E-state index contributed by atoms with van der Waals surface area (Å²) in [5, 5.41) is 13.7. The van der Waals surface area contributed by atoms with Crippen LogP contribution < -0.4 is 5.32 Å². The molecule has 0 aliphatic rings. The van der Waals surface area contributed by atoms with Crippen molar-refractivity contribution in [3.8, 4) is 0 Å². The molecule has 0 saturated carbocycles. The minimum absolute atomic E-state index is 0.200. The number of amides is 1. The Balaban J connectivity index is 1.56. The van der Waals surface area contributed by atoms with Gasteiger partial charge in [0, 0.05) is 10.9 Å². The molecule has 4 aromatic rings. The number of nitrogens with one attached hydrogen (secondary N) is 1. The van der Waals surface area contributed by atoms with E-state index in [-0.39, 0.29) is 5.91 Å². The second-order valence-electron chi connectivity index (χ2n) is 6.18. The molecule has 6 nitrogen and oxygen atoms in total. The van der Waals surface area contributed by atoms with Crippen molar-refractivity contribution in [1.82, 2.24) is 20.0 Å². The standard InChI is InChI=1S/C19H17N5OS/c1-12-3-5-14(6-4-12)10-24-17-8-7-15(9-16(17)22-23-24)18(25)21-19-20-13(2)11-26-19/h3-9,11H,10H2,1-2H3,(H,20,21,25). The molecule has 0 fully saturated rings. The van der Waals surface area contributed by atoms with E-state index in [4.69, 9.17) is 0 Å². The quantitative estimate of drug-likeness (QED) is 0.598. The van der Waals surface area contributed by atoms with Gasteiger partial charge in [0.25, 0.3) is 5.91 Å². The van der Waals surface area contributed by atoms with Gasteiger partial charge < -0.3 is 0 Å². The minimum atomic E-state index is -0.200. The van der Waals surface area contributed by atoms with Crippen molar-refractivity contribution in [2.24, 2.45) is 0 Å². The SMILES string of the molecule is Cc1ccc(Cn2nnc3cc(C(=O)Nc4nc(C)cs4)ccc32)cc1. The Morgan fingerprint density at radius 1 is 1.15 bits per heavy atom. The van der Waals surface area contributed by atoms with Crippen LogP contribution in [0.15, 0.2) is 47.8 Å². The second-order valence-corrected chi connectivity index (χ2v) is 7.04. The van der Waals surface area contributed by atoms with E-state index in [9.17, 15) is 4.79 Å². The van der Waals surface area contributed by atoms with E-state index in [1.54, 1.807) is 12.1 Å². The highest BCUT2D eigenvalue weighted by Gasteiger charge is 2.12. The highest BCUT2D eigenvalue weighted by Crippen LogP contribution is 2.18. The van der Waals surface area contributed by atoms with Crippen LogP contribution in [-0.4, -0.2) is 25.9 Å². The van der Waals surface area contributed by atoms with Crippen molar-refractivity contribution < 1.29 is 4.79 Å². The van der Waals surface area contributed by atoms with E-state index < -0.39 is 0 Å². The molecule has 1 amide bonds. The Hall–Kier alpha value is -3.06. The molecule has 0 unspecified atom stereocenters. The third kappa shape index (κ3) is 3.34. The van der Waals surface area contributed by atoms with Crippen molar-refractivity contribution in [3.05, 3.63) is 70.2 Å². The van der Waals surface area contributed by atoms with Gasteiger partial charge in [-0.1, -0.05) is 35.0 Å². The number of fused-ring (bicyclic) bond motifs is 1. The molecule has 0 radical (unpaired) electrons. The normalized spacial score (nSPS) is 11.0. The summed E-state index contributed by atoms with van der Waals surface area (Å²) in [5.74, 6) is -0.200. The second kappa shape index (κ2) is 6.68. The highest BCUT2D eigenvalue weighted by molar-refractivity contribution is 7.13. The monoisotopic (exact) mass is 363 g/mol. The van der Waals surface area contributed by atoms with E-state index >= 15 is 0 Å². The Morgan fingerprint density at radius 3 is 2.69 bits per heavy atom. The molecule has 2 aromatic heterocycles. The number of carbonyl (C=O) groups is 1. The fourth-order valence-corrected chi connectivity index (χ4v) is 3.36. The molecule has 4 rings (SSSR count). The van der Waals surface area contributed by atoms with E-state index in [2.05, 4.69) is 51.8 Å². The van der Waals surface area contributed by atoms with Gasteiger partial charge >= 0.3 is 0 Å². The van der Waals surface area contributed by atoms with Crippen molar-refractivity contribution >= 4 is 33.4 Å². The first-order valence-electron chi connectivity index (χ1n) is 8.21. The Labute approximate surface area is 154 Å². The minimum Gasteiger partial charge on any atom is -0.298 e. The molecular formula is C19H17N5OS. The third-order valence-electron chi connectivity index (χ3n) is 4.07. The summed E-state index contributed by atoms with van der Waals surface area (Å²) in [6, 6.07) is 13.7. The summed E-state index contributed by atoms with van der Waals surface area (Å²) in [5.41, 5.74) is 5.39. The van der Waals surface area contributed by atoms with E-state index in [0.717, 1.165) is 16.8 Å². The van der Waals surface area contributed by atoms with Crippen LogP contribution in [-0.2, 0) is 6.54 Å². The average molecular weight is 363 g/mol. The Morgan fingerprint density at radius 2 is 1.96 bits per heavy atom. The zero-order valence-electron chi connectivity index (χ0n) is 14.4. The summed E-state index contributed by atoms with van der Waals surface area (Å²) in [7, 11) is 0. The third-order valence-corrected chi connectivity index (χ3v) is 4.94. The fourth-order valence-electron chi connectivity index (χ4n) is 2.68. The number of anilines is 1. The van der Waals surface area contributed by atoms with Crippen LogP contribution in [0.25, 0.3) is 11.0 Å². The molecule has 130 valence electrons. The molecule has 26 heavy (non-hydrogen) atoms. The van der Waals surface area contributed by atoms with E-state index in [1.807, 2.05) is 23.1 Å². The zero-order valence-corrected chi connectivity index (χ0v) is 15.2. The lowest BCUT2D eigenvalue weighted by Crippen LogP contribution is -2.11. The number of rotatable bonds is 4. The van der Waals surface area contributed by atoms with Crippen LogP contribution in [0.4, 0.5) is 5.13 Å². The summed E-state index contributed by atoms with van der Waals surface area (Å²) in [4.78, 5) is 16.6. The number of nitrogens with zero attached hydrogens (tertiary/aromatic N) is 4. The first kappa shape index (κ1) is 16.4. The molecule has 0 spiro atoms. The van der Waals surface area contributed by atoms with Crippen LogP contribution >= 0.6 is 11.3 Å². The van der Waals surface area contributed by atoms with Crippen molar-refractivity contribution in [1.29, 1.82) is 0 Å². The number of hydrogen-bond donors (Lipinski definition) is 1. The van der Waals surface area contributed by atoms with Gasteiger partial charge in [-0.25, -0.2) is 9.67 Å². The van der Waals surface area contributed by atoms with Crippen LogP contribution in [0.3, 0.4) is 0 Å². The van der Waals surface area contributed by atoms with Crippen LogP contribution in [0, 0.1) is 13.8 Å². The first-order valence-corrected chi connectivity index (χ1v) is 9.09. The zero-order chi connectivity index (χ0) is 18.1. The van der Waals surface area contributed by atoms with Crippen LogP contribution in [0.2, 0.25) is 0 Å². The largest absolute Gasteiger partial charge is 0.298 e. The van der Waals surface area contributed by atoms with Crippen molar-refractivity contribution in [3.63, 3.8) is 0 Å². The van der Waals surface area contributed by atoms with Gasteiger partial charge in [0.15, 0.2) is 5.13 Å². The van der Waals surface area contributed by atoms with Gasteiger partial charge in [-0.15, -0.1) is 16.4 Å². The molecular weight excluding hydrogens is 346 g/mol. The van der Waals surface area contributed by atoms with Gasteiger partial charge in [-0.3, -0.25) is 10.1 Å². The van der Waals surface area contributed by atoms with Gasteiger partial charge in [-0.05, 0) is 37.6 Å². The number of carbonyl (C=O) groups excluding carboxylic acids is 1. The fraction of sp³-hybridized carbons (Fsp3) is 0.158. The summed E-state index contributed by atoms with van der Waals surface area (Å²) in [6.45, 7) is 4.60. The summed E-state index contributed by atoms with van der Waals surface area (Å²) in [6.07, 6.45) is 0. The van der Waals surface area contributed by atoms with E-state index in [0.29, 0.717) is 22.8 Å². The molecule has 2 heterocycles.